The molecule has 0 radical (unpaired) electrons. The number of rotatable bonds is 3. The van der Waals surface area contributed by atoms with Crippen LogP contribution < -0.4 is 10.2 Å². The van der Waals surface area contributed by atoms with Gasteiger partial charge in [-0.05, 0) is 47.0 Å². The fraction of sp³-hybridized carbons (Fsp3) is 0.429. The number of anilines is 1. The highest BCUT2D eigenvalue weighted by Gasteiger charge is 2.25. The van der Waals surface area contributed by atoms with E-state index in [0.29, 0.717) is 11.0 Å². The Balaban J connectivity index is 2.17. The smallest absolute Gasteiger partial charge is 0.336 e. The molecular formula is C14H17BrN2O3. The Bertz CT molecular complexity index is 533. The Hall–Kier alpha value is -1.56. The number of carbonyl (C=O) groups excluding carboxylic acids is 1. The summed E-state index contributed by atoms with van der Waals surface area (Å²) in [6.07, 6.45) is 1.85. The van der Waals surface area contributed by atoms with Crippen LogP contribution in [0.15, 0.2) is 22.7 Å². The molecule has 2 N–H and O–H groups in total. The lowest BCUT2D eigenvalue weighted by Crippen LogP contribution is -2.42. The van der Waals surface area contributed by atoms with Gasteiger partial charge in [-0.2, -0.15) is 0 Å². The number of aromatic carboxylic acids is 1. The number of halogens is 1. The summed E-state index contributed by atoms with van der Waals surface area (Å²) in [7, 11) is 1.65. The van der Waals surface area contributed by atoms with E-state index < -0.39 is 5.97 Å². The van der Waals surface area contributed by atoms with E-state index in [4.69, 9.17) is 5.11 Å². The first-order valence-corrected chi connectivity index (χ1v) is 7.31. The molecule has 1 aliphatic heterocycles. The van der Waals surface area contributed by atoms with Crippen LogP contribution in [0.4, 0.5) is 5.69 Å². The molecule has 0 aromatic heterocycles. The van der Waals surface area contributed by atoms with Crippen LogP contribution >= 0.6 is 15.9 Å². The molecule has 1 aliphatic rings. The zero-order valence-corrected chi connectivity index (χ0v) is 12.8. The molecule has 20 heavy (non-hydrogen) atoms. The Labute approximate surface area is 126 Å². The third-order valence-corrected chi connectivity index (χ3v) is 4.24. The molecule has 6 heteroatoms. The van der Waals surface area contributed by atoms with Crippen molar-refractivity contribution in [1.82, 2.24) is 5.32 Å². The Kier molecular flexibility index (Phi) is 4.65. The van der Waals surface area contributed by atoms with Gasteiger partial charge in [0.1, 0.15) is 0 Å². The number of nitrogens with zero attached hydrogens (tertiary/aromatic N) is 1. The average Bonchev–Trinajstić information content (AvgIpc) is 2.46. The lowest BCUT2D eigenvalue weighted by Gasteiger charge is -2.33. The van der Waals surface area contributed by atoms with Gasteiger partial charge in [0.25, 0.3) is 0 Å². The highest BCUT2D eigenvalue weighted by atomic mass is 79.9. The lowest BCUT2D eigenvalue weighted by molar-refractivity contribution is -0.124. The van der Waals surface area contributed by atoms with Crippen molar-refractivity contribution in [2.24, 2.45) is 5.92 Å². The van der Waals surface area contributed by atoms with Crippen LogP contribution in [0.1, 0.15) is 23.2 Å². The summed E-state index contributed by atoms with van der Waals surface area (Å²) >= 11 is 3.29. The summed E-state index contributed by atoms with van der Waals surface area (Å²) in [6.45, 7) is 1.55. The maximum Gasteiger partial charge on any atom is 0.336 e. The third-order valence-electron chi connectivity index (χ3n) is 3.59. The van der Waals surface area contributed by atoms with E-state index in [0.717, 1.165) is 25.1 Å². The van der Waals surface area contributed by atoms with Crippen molar-refractivity contribution in [3.8, 4) is 0 Å². The number of carbonyl (C=O) groups is 2. The maximum absolute atomic E-state index is 11.7. The first-order chi connectivity index (χ1) is 9.52. The minimum Gasteiger partial charge on any atom is -0.478 e. The lowest BCUT2D eigenvalue weighted by atomic mass is 9.96. The molecule has 1 atom stereocenters. The van der Waals surface area contributed by atoms with Crippen LogP contribution in [0.25, 0.3) is 0 Å². The van der Waals surface area contributed by atoms with Crippen LogP contribution in [-0.2, 0) is 4.79 Å². The number of amides is 1. The van der Waals surface area contributed by atoms with Gasteiger partial charge >= 0.3 is 5.97 Å². The Morgan fingerprint density at radius 2 is 2.20 bits per heavy atom. The summed E-state index contributed by atoms with van der Waals surface area (Å²) in [5.41, 5.74) is 1.18. The normalized spacial score (nSPS) is 18.7. The highest BCUT2D eigenvalue weighted by molar-refractivity contribution is 9.10. The van der Waals surface area contributed by atoms with Gasteiger partial charge in [-0.25, -0.2) is 4.79 Å². The molecule has 1 unspecified atom stereocenters. The van der Waals surface area contributed by atoms with Gasteiger partial charge in [0, 0.05) is 30.3 Å². The predicted octanol–water partition coefficient (Wildman–Crippen LogP) is 2.11. The maximum atomic E-state index is 11.7. The molecule has 0 bridgehead atoms. The minimum atomic E-state index is -0.953. The monoisotopic (exact) mass is 340 g/mol. The summed E-state index contributed by atoms with van der Waals surface area (Å²) < 4.78 is 0.560. The topological polar surface area (TPSA) is 69.6 Å². The quantitative estimate of drug-likeness (QED) is 0.884. The van der Waals surface area contributed by atoms with Crippen molar-refractivity contribution in [3.05, 3.63) is 28.2 Å². The van der Waals surface area contributed by atoms with Gasteiger partial charge in [0.05, 0.1) is 11.5 Å². The van der Waals surface area contributed by atoms with Gasteiger partial charge in [-0.3, -0.25) is 4.79 Å². The zero-order chi connectivity index (χ0) is 14.7. The molecular weight excluding hydrogens is 324 g/mol. The Morgan fingerprint density at radius 1 is 1.45 bits per heavy atom. The van der Waals surface area contributed by atoms with E-state index in [-0.39, 0.29) is 17.4 Å². The van der Waals surface area contributed by atoms with Crippen molar-refractivity contribution in [3.63, 3.8) is 0 Å². The predicted molar refractivity (Wildman–Crippen MR) is 80.1 cm³/mol. The van der Waals surface area contributed by atoms with Gasteiger partial charge < -0.3 is 15.3 Å². The van der Waals surface area contributed by atoms with E-state index in [1.54, 1.807) is 25.2 Å². The first-order valence-electron chi connectivity index (χ1n) is 6.52. The molecule has 5 nitrogen and oxygen atoms in total. The van der Waals surface area contributed by atoms with Crippen LogP contribution in [0.5, 0.6) is 0 Å². The van der Waals surface area contributed by atoms with Crippen molar-refractivity contribution >= 4 is 33.5 Å². The second kappa shape index (κ2) is 6.26. The van der Waals surface area contributed by atoms with E-state index in [1.165, 1.54) is 0 Å². The molecule has 0 saturated carbocycles. The molecule has 1 aromatic carbocycles. The van der Waals surface area contributed by atoms with Gasteiger partial charge in [-0.15, -0.1) is 0 Å². The van der Waals surface area contributed by atoms with E-state index in [2.05, 4.69) is 26.1 Å². The number of hydrogen-bond donors (Lipinski definition) is 2. The number of carboxylic acid groups (broad SMARTS) is 1. The van der Waals surface area contributed by atoms with E-state index in [1.807, 2.05) is 0 Å². The van der Waals surface area contributed by atoms with Crippen LogP contribution in [0.2, 0.25) is 0 Å². The molecule has 0 spiro atoms. The van der Waals surface area contributed by atoms with Crippen LogP contribution in [0, 0.1) is 5.92 Å². The molecule has 1 amide bonds. The van der Waals surface area contributed by atoms with E-state index in [9.17, 15) is 9.59 Å². The van der Waals surface area contributed by atoms with Crippen LogP contribution in [0.3, 0.4) is 0 Å². The summed E-state index contributed by atoms with van der Waals surface area (Å²) in [6, 6.07) is 5.18. The van der Waals surface area contributed by atoms with Gasteiger partial charge in [0.15, 0.2) is 0 Å². The van der Waals surface area contributed by atoms with Crippen molar-refractivity contribution < 1.29 is 14.7 Å². The SMILES string of the molecule is CNC(=O)C1CCCN(c2ccc(C(=O)O)c(Br)c2)C1. The first kappa shape index (κ1) is 14.8. The molecule has 1 fully saturated rings. The Morgan fingerprint density at radius 3 is 2.80 bits per heavy atom. The molecule has 1 saturated heterocycles. The summed E-state index contributed by atoms with van der Waals surface area (Å²) in [5.74, 6) is -0.895. The minimum absolute atomic E-state index is 0.00771. The molecule has 0 aliphatic carbocycles. The number of benzene rings is 1. The molecule has 1 aromatic rings. The fourth-order valence-corrected chi connectivity index (χ4v) is 3.04. The molecule has 108 valence electrons. The van der Waals surface area contributed by atoms with Crippen molar-refractivity contribution in [2.75, 3.05) is 25.0 Å². The van der Waals surface area contributed by atoms with Gasteiger partial charge in [0.2, 0.25) is 5.91 Å². The second-order valence-electron chi connectivity index (χ2n) is 4.87. The third kappa shape index (κ3) is 3.12. The molecule has 1 heterocycles. The van der Waals surface area contributed by atoms with Gasteiger partial charge in [-0.1, -0.05) is 0 Å². The number of hydrogen-bond acceptors (Lipinski definition) is 3. The van der Waals surface area contributed by atoms with Crippen molar-refractivity contribution in [1.29, 1.82) is 0 Å². The fourth-order valence-electron chi connectivity index (χ4n) is 2.50. The molecule has 2 rings (SSSR count). The average molecular weight is 341 g/mol. The summed E-state index contributed by atoms with van der Waals surface area (Å²) in [4.78, 5) is 24.8. The number of nitrogens with one attached hydrogen (secondary N) is 1. The second-order valence-corrected chi connectivity index (χ2v) is 5.72. The van der Waals surface area contributed by atoms with E-state index >= 15 is 0 Å². The van der Waals surface area contributed by atoms with Crippen LogP contribution in [-0.4, -0.2) is 37.1 Å². The number of piperidine rings is 1. The zero-order valence-electron chi connectivity index (χ0n) is 11.2. The summed E-state index contributed by atoms with van der Waals surface area (Å²) in [5, 5.41) is 11.7. The number of carboxylic acids is 1. The standard InChI is InChI=1S/C14H17BrN2O3/c1-16-13(18)9-3-2-6-17(8-9)10-4-5-11(14(19)20)12(15)7-10/h4-5,7,9H,2-3,6,8H2,1H3,(H,16,18)(H,19,20). The highest BCUT2D eigenvalue weighted by Crippen LogP contribution is 2.28. The van der Waals surface area contributed by atoms with Crippen molar-refractivity contribution in [2.45, 2.75) is 12.8 Å². The largest absolute Gasteiger partial charge is 0.478 e.